The summed E-state index contributed by atoms with van der Waals surface area (Å²) in [7, 11) is 0. The van der Waals surface area contributed by atoms with Crippen LogP contribution in [0.2, 0.25) is 5.02 Å². The number of aryl methyl sites for hydroxylation is 1. The summed E-state index contributed by atoms with van der Waals surface area (Å²) in [5, 5.41) is 3.58. The Labute approximate surface area is 161 Å². The van der Waals surface area contributed by atoms with Crippen molar-refractivity contribution in [2.75, 3.05) is 11.9 Å². The Morgan fingerprint density at radius 3 is 2.74 bits per heavy atom. The van der Waals surface area contributed by atoms with Crippen LogP contribution in [0.15, 0.2) is 35.0 Å². The zero-order chi connectivity index (χ0) is 20.0. The van der Waals surface area contributed by atoms with E-state index in [9.17, 15) is 9.18 Å². The molecule has 2 N–H and O–H groups in total. The summed E-state index contributed by atoms with van der Waals surface area (Å²) in [6, 6.07) is 4.71. The molecule has 0 bridgehead atoms. The fourth-order valence-electron chi connectivity index (χ4n) is 2.30. The van der Waals surface area contributed by atoms with Crippen LogP contribution in [0.4, 0.5) is 15.8 Å². The van der Waals surface area contributed by atoms with Gasteiger partial charge in [0.15, 0.2) is 5.58 Å². The number of nitrogens with zero attached hydrogens (tertiary/aromatic N) is 1. The molecule has 3 aromatic rings. The molecule has 0 unspecified atom stereocenters. The van der Waals surface area contributed by atoms with Gasteiger partial charge in [-0.1, -0.05) is 31.5 Å². The predicted octanol–water partition coefficient (Wildman–Crippen LogP) is 5.38. The molecule has 0 aliphatic rings. The van der Waals surface area contributed by atoms with Crippen LogP contribution in [0.25, 0.3) is 11.0 Å². The molecule has 0 spiro atoms. The molecule has 0 atom stereocenters. The van der Waals surface area contributed by atoms with E-state index in [4.69, 9.17) is 20.9 Å². The van der Waals surface area contributed by atoms with Gasteiger partial charge in [-0.25, -0.2) is 9.87 Å². The van der Waals surface area contributed by atoms with E-state index in [-0.39, 0.29) is 34.3 Å². The van der Waals surface area contributed by atoms with E-state index in [0.29, 0.717) is 5.39 Å². The maximum absolute atomic E-state index is 14.2. The second-order valence-electron chi connectivity index (χ2n) is 5.28. The Morgan fingerprint density at radius 2 is 2.07 bits per heavy atom. The highest BCUT2D eigenvalue weighted by Crippen LogP contribution is 2.36. The van der Waals surface area contributed by atoms with E-state index >= 15 is 0 Å². The number of benzene rings is 1. The van der Waals surface area contributed by atoms with Crippen LogP contribution < -0.4 is 10.8 Å². The number of pyridine rings is 1. The van der Waals surface area contributed by atoms with Crippen molar-refractivity contribution in [2.45, 2.75) is 27.7 Å². The van der Waals surface area contributed by atoms with Crippen LogP contribution in [0.1, 0.15) is 36.9 Å². The SMILES string of the molecule is CC.CCONC(=O)c1oc2c(Cl)cncc2c1Nc1ccc(C)cc1F. The van der Waals surface area contributed by atoms with E-state index in [2.05, 4.69) is 15.8 Å². The lowest BCUT2D eigenvalue weighted by molar-refractivity contribution is 0.0343. The Balaban J connectivity index is 0.00000126. The molecule has 2 heterocycles. The molecule has 2 aromatic heterocycles. The van der Waals surface area contributed by atoms with Crippen molar-refractivity contribution in [3.8, 4) is 0 Å². The maximum Gasteiger partial charge on any atom is 0.312 e. The van der Waals surface area contributed by atoms with Crippen molar-refractivity contribution in [3.63, 3.8) is 0 Å². The molecule has 27 heavy (non-hydrogen) atoms. The van der Waals surface area contributed by atoms with Crippen LogP contribution in [0.5, 0.6) is 0 Å². The second-order valence-corrected chi connectivity index (χ2v) is 5.68. The van der Waals surface area contributed by atoms with Gasteiger partial charge >= 0.3 is 5.91 Å². The molecule has 1 aromatic carbocycles. The third-order valence-electron chi connectivity index (χ3n) is 3.45. The number of carbonyl (C=O) groups excluding carboxylic acids is 1. The van der Waals surface area contributed by atoms with Crippen LogP contribution in [-0.4, -0.2) is 17.5 Å². The van der Waals surface area contributed by atoms with E-state index < -0.39 is 11.7 Å². The van der Waals surface area contributed by atoms with E-state index in [1.165, 1.54) is 18.5 Å². The summed E-state index contributed by atoms with van der Waals surface area (Å²) in [6.07, 6.45) is 2.88. The number of nitrogens with one attached hydrogen (secondary N) is 2. The number of anilines is 2. The smallest absolute Gasteiger partial charge is 0.312 e. The van der Waals surface area contributed by atoms with Gasteiger partial charge in [-0.05, 0) is 31.5 Å². The molecule has 0 saturated carbocycles. The summed E-state index contributed by atoms with van der Waals surface area (Å²) in [4.78, 5) is 21.2. The summed E-state index contributed by atoms with van der Waals surface area (Å²) in [5.74, 6) is -1.16. The van der Waals surface area contributed by atoms with E-state index in [1.54, 1.807) is 26.0 Å². The lowest BCUT2D eigenvalue weighted by atomic mass is 10.2. The molecule has 3 rings (SSSR count). The number of rotatable bonds is 5. The minimum atomic E-state index is -0.621. The third kappa shape index (κ3) is 4.56. The second kappa shape index (κ2) is 9.34. The van der Waals surface area contributed by atoms with Crippen LogP contribution in [0.3, 0.4) is 0 Å². The van der Waals surface area contributed by atoms with Gasteiger partial charge in [0, 0.05) is 12.4 Å². The number of carbonyl (C=O) groups is 1. The quantitative estimate of drug-likeness (QED) is 0.569. The standard InChI is InChI=1S/C17H15ClFN3O3.C2H6/c1-3-24-22-17(23)16-14(10-7-20-8-11(18)15(10)25-16)21-13-5-4-9(2)6-12(13)19;1-2/h4-8,21H,3H2,1-2H3,(H,22,23);1-2H3. The lowest BCUT2D eigenvalue weighted by Gasteiger charge is -2.09. The molecule has 1 amide bonds. The average Bonchev–Trinajstić information content (AvgIpc) is 3.04. The van der Waals surface area contributed by atoms with Gasteiger partial charge in [0.2, 0.25) is 5.76 Å². The summed E-state index contributed by atoms with van der Waals surface area (Å²) in [5.41, 5.74) is 3.75. The molecule has 144 valence electrons. The number of fused-ring (bicyclic) bond motifs is 1. The molecule has 0 fully saturated rings. The highest BCUT2D eigenvalue weighted by atomic mass is 35.5. The third-order valence-corrected chi connectivity index (χ3v) is 3.72. The lowest BCUT2D eigenvalue weighted by Crippen LogP contribution is -2.23. The number of aromatic nitrogens is 1. The topological polar surface area (TPSA) is 76.4 Å². The molecule has 0 radical (unpaired) electrons. The van der Waals surface area contributed by atoms with E-state index in [0.717, 1.165) is 5.56 Å². The van der Waals surface area contributed by atoms with Gasteiger partial charge in [0.1, 0.15) is 16.5 Å². The summed E-state index contributed by atoms with van der Waals surface area (Å²) < 4.78 is 19.8. The van der Waals surface area contributed by atoms with Gasteiger partial charge in [-0.3, -0.25) is 14.6 Å². The highest BCUT2D eigenvalue weighted by Gasteiger charge is 2.23. The zero-order valence-electron chi connectivity index (χ0n) is 15.5. The van der Waals surface area contributed by atoms with Gasteiger partial charge in [-0.15, -0.1) is 0 Å². The maximum atomic E-state index is 14.2. The van der Waals surface area contributed by atoms with E-state index in [1.807, 2.05) is 13.8 Å². The fourth-order valence-corrected chi connectivity index (χ4v) is 2.50. The molecule has 0 aliphatic carbocycles. The monoisotopic (exact) mass is 393 g/mol. The van der Waals surface area contributed by atoms with Crippen molar-refractivity contribution < 1.29 is 18.4 Å². The number of hydrogen-bond donors (Lipinski definition) is 2. The number of furan rings is 1. The molecular formula is C19H21ClFN3O3. The average molecular weight is 394 g/mol. The molecule has 8 heteroatoms. The van der Waals surface area contributed by atoms with Crippen LogP contribution in [0, 0.1) is 12.7 Å². The fraction of sp³-hybridized carbons (Fsp3) is 0.263. The van der Waals surface area contributed by atoms with Crippen LogP contribution >= 0.6 is 11.6 Å². The Hall–Kier alpha value is -2.64. The number of amides is 1. The first-order chi connectivity index (χ1) is 13.0. The normalized spacial score (nSPS) is 10.3. The number of halogens is 2. The summed E-state index contributed by atoms with van der Waals surface area (Å²) in [6.45, 7) is 7.79. The molecule has 0 saturated heterocycles. The minimum Gasteiger partial charge on any atom is -0.447 e. The first kappa shape index (κ1) is 20.7. The van der Waals surface area contributed by atoms with Crippen molar-refractivity contribution in [1.29, 1.82) is 0 Å². The highest BCUT2D eigenvalue weighted by molar-refractivity contribution is 6.35. The molecule has 0 aliphatic heterocycles. The Kier molecular flexibility index (Phi) is 7.15. The van der Waals surface area contributed by atoms with Gasteiger partial charge in [0.25, 0.3) is 0 Å². The van der Waals surface area contributed by atoms with Crippen LogP contribution in [-0.2, 0) is 4.84 Å². The van der Waals surface area contributed by atoms with Crippen molar-refractivity contribution in [3.05, 3.63) is 52.8 Å². The molecule has 6 nitrogen and oxygen atoms in total. The zero-order valence-corrected chi connectivity index (χ0v) is 16.3. The first-order valence-corrected chi connectivity index (χ1v) is 8.90. The summed E-state index contributed by atoms with van der Waals surface area (Å²) >= 11 is 6.09. The Bertz CT molecular complexity index is 943. The number of hydrogen-bond acceptors (Lipinski definition) is 5. The minimum absolute atomic E-state index is 0.0849. The van der Waals surface area contributed by atoms with Gasteiger partial charge in [0.05, 0.1) is 17.7 Å². The van der Waals surface area contributed by atoms with Gasteiger partial charge in [-0.2, -0.15) is 0 Å². The Morgan fingerprint density at radius 1 is 1.33 bits per heavy atom. The molecular weight excluding hydrogens is 373 g/mol. The van der Waals surface area contributed by atoms with Gasteiger partial charge < -0.3 is 9.73 Å². The van der Waals surface area contributed by atoms with Crippen molar-refractivity contribution in [1.82, 2.24) is 10.5 Å². The first-order valence-electron chi connectivity index (χ1n) is 8.52. The van der Waals surface area contributed by atoms with Crippen molar-refractivity contribution in [2.24, 2.45) is 0 Å². The van der Waals surface area contributed by atoms with Crippen molar-refractivity contribution >= 4 is 39.9 Å². The largest absolute Gasteiger partial charge is 0.447 e. The predicted molar refractivity (Wildman–Crippen MR) is 104 cm³/mol. The number of hydroxylamine groups is 1.